The summed E-state index contributed by atoms with van der Waals surface area (Å²) in [5.41, 5.74) is 0. The Morgan fingerprint density at radius 2 is 2.14 bits per heavy atom. The monoisotopic (exact) mass is 199 g/mol. The second-order valence-corrected chi connectivity index (χ2v) is 4.65. The van der Waals surface area contributed by atoms with Gasteiger partial charge in [0.2, 0.25) is 0 Å². The first kappa shape index (κ1) is 12.0. The van der Waals surface area contributed by atoms with Gasteiger partial charge in [0.15, 0.2) is 0 Å². The lowest BCUT2D eigenvalue weighted by Gasteiger charge is -2.19. The zero-order valence-electron chi connectivity index (χ0n) is 9.71. The molecule has 0 saturated carbocycles. The van der Waals surface area contributed by atoms with Crippen LogP contribution < -0.4 is 0 Å². The minimum Gasteiger partial charge on any atom is -0.392 e. The standard InChI is InChI=1S/C12H25NO/c1-3-5-11-7-8-13(9-11)10-12(14)6-4-2/h11-12,14H,3-10H2,1-2H3. The van der Waals surface area contributed by atoms with E-state index in [0.717, 1.165) is 25.3 Å². The molecule has 0 aliphatic carbocycles. The van der Waals surface area contributed by atoms with E-state index in [2.05, 4.69) is 18.7 Å². The number of hydrogen-bond donors (Lipinski definition) is 1. The SMILES string of the molecule is CCCC(O)CN1CCC(CCC)C1. The van der Waals surface area contributed by atoms with Gasteiger partial charge in [0.05, 0.1) is 6.10 Å². The zero-order valence-corrected chi connectivity index (χ0v) is 9.71. The van der Waals surface area contributed by atoms with Crippen LogP contribution in [-0.4, -0.2) is 35.7 Å². The third kappa shape index (κ3) is 3.97. The topological polar surface area (TPSA) is 23.5 Å². The van der Waals surface area contributed by atoms with Gasteiger partial charge >= 0.3 is 0 Å². The number of nitrogens with zero attached hydrogens (tertiary/aromatic N) is 1. The van der Waals surface area contributed by atoms with Crippen LogP contribution in [0.15, 0.2) is 0 Å². The fraction of sp³-hybridized carbons (Fsp3) is 1.00. The van der Waals surface area contributed by atoms with E-state index in [-0.39, 0.29) is 6.10 Å². The molecule has 1 heterocycles. The summed E-state index contributed by atoms with van der Waals surface area (Å²) >= 11 is 0. The molecule has 1 rings (SSSR count). The Kier molecular flexibility index (Phi) is 5.49. The fourth-order valence-electron chi connectivity index (χ4n) is 2.45. The van der Waals surface area contributed by atoms with Crippen LogP contribution in [0, 0.1) is 5.92 Å². The number of β-amino-alcohol motifs (C(OH)–C–C–N with tert-alkyl or cyclic N) is 1. The number of aliphatic hydroxyl groups is 1. The first-order valence-corrected chi connectivity index (χ1v) is 6.16. The van der Waals surface area contributed by atoms with Crippen molar-refractivity contribution in [1.29, 1.82) is 0 Å². The van der Waals surface area contributed by atoms with E-state index in [1.807, 2.05) is 0 Å². The van der Waals surface area contributed by atoms with Gasteiger partial charge in [0, 0.05) is 13.1 Å². The van der Waals surface area contributed by atoms with Gasteiger partial charge in [-0.2, -0.15) is 0 Å². The van der Waals surface area contributed by atoms with Crippen molar-refractivity contribution >= 4 is 0 Å². The van der Waals surface area contributed by atoms with Crippen LogP contribution in [0.4, 0.5) is 0 Å². The van der Waals surface area contributed by atoms with E-state index in [1.54, 1.807) is 0 Å². The molecule has 2 atom stereocenters. The smallest absolute Gasteiger partial charge is 0.0667 e. The highest BCUT2D eigenvalue weighted by molar-refractivity contribution is 4.76. The Hall–Kier alpha value is -0.0800. The Bertz CT molecular complexity index is 149. The Morgan fingerprint density at radius 3 is 2.79 bits per heavy atom. The van der Waals surface area contributed by atoms with Gasteiger partial charge in [0.1, 0.15) is 0 Å². The van der Waals surface area contributed by atoms with Crippen LogP contribution in [0.1, 0.15) is 46.0 Å². The van der Waals surface area contributed by atoms with Gasteiger partial charge in [-0.3, -0.25) is 0 Å². The maximum atomic E-state index is 9.68. The van der Waals surface area contributed by atoms with E-state index in [4.69, 9.17) is 0 Å². The van der Waals surface area contributed by atoms with Crippen LogP contribution in [0.2, 0.25) is 0 Å². The molecule has 84 valence electrons. The summed E-state index contributed by atoms with van der Waals surface area (Å²) in [7, 11) is 0. The molecule has 0 aromatic rings. The number of rotatable bonds is 6. The van der Waals surface area contributed by atoms with Crippen LogP contribution >= 0.6 is 0 Å². The summed E-state index contributed by atoms with van der Waals surface area (Å²) in [6, 6.07) is 0. The lowest BCUT2D eigenvalue weighted by molar-refractivity contribution is 0.114. The summed E-state index contributed by atoms with van der Waals surface area (Å²) in [5, 5.41) is 9.68. The highest BCUT2D eigenvalue weighted by atomic mass is 16.3. The molecular formula is C12H25NO. The van der Waals surface area contributed by atoms with Crippen LogP contribution in [0.5, 0.6) is 0 Å². The fourth-order valence-corrected chi connectivity index (χ4v) is 2.45. The molecule has 2 heteroatoms. The predicted molar refractivity (Wildman–Crippen MR) is 60.4 cm³/mol. The molecular weight excluding hydrogens is 174 g/mol. The molecule has 2 nitrogen and oxygen atoms in total. The Balaban J connectivity index is 2.15. The average molecular weight is 199 g/mol. The molecule has 2 unspecified atom stereocenters. The maximum absolute atomic E-state index is 9.68. The second-order valence-electron chi connectivity index (χ2n) is 4.65. The largest absolute Gasteiger partial charge is 0.392 e. The highest BCUT2D eigenvalue weighted by Crippen LogP contribution is 2.21. The first-order chi connectivity index (χ1) is 6.76. The van der Waals surface area contributed by atoms with Gasteiger partial charge in [-0.15, -0.1) is 0 Å². The van der Waals surface area contributed by atoms with Crippen molar-refractivity contribution in [2.45, 2.75) is 52.1 Å². The van der Waals surface area contributed by atoms with Crippen molar-refractivity contribution in [3.05, 3.63) is 0 Å². The highest BCUT2D eigenvalue weighted by Gasteiger charge is 2.22. The molecule has 1 saturated heterocycles. The quantitative estimate of drug-likeness (QED) is 0.709. The Morgan fingerprint density at radius 1 is 1.36 bits per heavy atom. The average Bonchev–Trinajstić information content (AvgIpc) is 2.53. The molecule has 0 aromatic carbocycles. The van der Waals surface area contributed by atoms with Crippen molar-refractivity contribution < 1.29 is 5.11 Å². The van der Waals surface area contributed by atoms with E-state index in [9.17, 15) is 5.11 Å². The van der Waals surface area contributed by atoms with E-state index >= 15 is 0 Å². The minimum absolute atomic E-state index is 0.0969. The van der Waals surface area contributed by atoms with E-state index < -0.39 is 0 Å². The van der Waals surface area contributed by atoms with Crippen LogP contribution in [-0.2, 0) is 0 Å². The van der Waals surface area contributed by atoms with Gasteiger partial charge in [-0.05, 0) is 31.7 Å². The van der Waals surface area contributed by atoms with Crippen LogP contribution in [0.25, 0.3) is 0 Å². The third-order valence-electron chi connectivity index (χ3n) is 3.16. The summed E-state index contributed by atoms with van der Waals surface area (Å²) in [6.45, 7) is 7.70. The molecule has 0 bridgehead atoms. The molecule has 0 amide bonds. The molecule has 1 fully saturated rings. The summed E-state index contributed by atoms with van der Waals surface area (Å²) in [4.78, 5) is 2.43. The molecule has 0 aromatic heterocycles. The normalized spacial score (nSPS) is 25.5. The van der Waals surface area contributed by atoms with Crippen molar-refractivity contribution in [3.8, 4) is 0 Å². The number of hydrogen-bond acceptors (Lipinski definition) is 2. The van der Waals surface area contributed by atoms with Gasteiger partial charge in [0.25, 0.3) is 0 Å². The van der Waals surface area contributed by atoms with E-state index in [0.29, 0.717) is 0 Å². The summed E-state index contributed by atoms with van der Waals surface area (Å²) in [5.74, 6) is 0.897. The zero-order chi connectivity index (χ0) is 10.4. The maximum Gasteiger partial charge on any atom is 0.0667 e. The number of likely N-dealkylation sites (tertiary alicyclic amines) is 1. The second kappa shape index (κ2) is 6.41. The van der Waals surface area contributed by atoms with Crippen molar-refractivity contribution in [3.63, 3.8) is 0 Å². The minimum atomic E-state index is -0.0969. The molecule has 1 aliphatic heterocycles. The van der Waals surface area contributed by atoms with Gasteiger partial charge in [-0.25, -0.2) is 0 Å². The van der Waals surface area contributed by atoms with Crippen molar-refractivity contribution in [2.24, 2.45) is 5.92 Å². The summed E-state index contributed by atoms with van der Waals surface area (Å²) in [6.07, 6.45) is 5.95. The molecule has 0 radical (unpaired) electrons. The van der Waals surface area contributed by atoms with Gasteiger partial charge < -0.3 is 10.0 Å². The lowest BCUT2D eigenvalue weighted by atomic mass is 10.0. The number of aliphatic hydroxyl groups excluding tert-OH is 1. The first-order valence-electron chi connectivity index (χ1n) is 6.16. The predicted octanol–water partition coefficient (Wildman–Crippen LogP) is 2.27. The van der Waals surface area contributed by atoms with Crippen LogP contribution in [0.3, 0.4) is 0 Å². The molecule has 14 heavy (non-hydrogen) atoms. The van der Waals surface area contributed by atoms with Crippen molar-refractivity contribution in [2.75, 3.05) is 19.6 Å². The summed E-state index contributed by atoms with van der Waals surface area (Å²) < 4.78 is 0. The van der Waals surface area contributed by atoms with E-state index in [1.165, 1.54) is 32.4 Å². The molecule has 1 N–H and O–H groups in total. The Labute approximate surface area is 88.3 Å². The van der Waals surface area contributed by atoms with Crippen molar-refractivity contribution in [1.82, 2.24) is 4.90 Å². The lowest BCUT2D eigenvalue weighted by Crippen LogP contribution is -2.30. The van der Waals surface area contributed by atoms with Gasteiger partial charge in [-0.1, -0.05) is 26.7 Å². The molecule has 1 aliphatic rings. The molecule has 0 spiro atoms. The third-order valence-corrected chi connectivity index (χ3v) is 3.16.